The molecular weight excluding hydrogens is 578 g/mol. The zero-order chi connectivity index (χ0) is 31.9. The highest BCUT2D eigenvalue weighted by molar-refractivity contribution is 7.89. The van der Waals surface area contributed by atoms with Crippen LogP contribution in [-0.2, 0) is 14.9 Å². The lowest BCUT2D eigenvalue weighted by atomic mass is 9.90. The first kappa shape index (κ1) is 33.1. The Hall–Kier alpha value is -3.77. The van der Waals surface area contributed by atoms with Crippen LogP contribution in [0.25, 0.3) is 27.8 Å². The van der Waals surface area contributed by atoms with E-state index in [1.165, 1.54) is 18.7 Å². The molecule has 236 valence electrons. The van der Waals surface area contributed by atoms with Gasteiger partial charge in [-0.25, -0.2) is 9.97 Å². The predicted octanol–water partition coefficient (Wildman–Crippen LogP) is 5.91. The minimum absolute atomic E-state index is 0.0162. The van der Waals surface area contributed by atoms with E-state index in [1.54, 1.807) is 13.0 Å². The van der Waals surface area contributed by atoms with Gasteiger partial charge in [-0.2, -0.15) is 8.42 Å². The summed E-state index contributed by atoms with van der Waals surface area (Å²) in [4.78, 5) is 12.1. The van der Waals surface area contributed by atoms with Crippen molar-refractivity contribution in [2.45, 2.75) is 46.6 Å². The summed E-state index contributed by atoms with van der Waals surface area (Å²) >= 11 is 0. The van der Waals surface area contributed by atoms with Gasteiger partial charge in [0.15, 0.2) is 0 Å². The van der Waals surface area contributed by atoms with Crippen LogP contribution in [-0.4, -0.2) is 66.5 Å². The number of piperidine rings is 1. The lowest BCUT2D eigenvalue weighted by Gasteiger charge is -2.37. The Bertz CT molecular complexity index is 1720. The highest BCUT2D eigenvalue weighted by Crippen LogP contribution is 2.31. The number of imidazole rings is 1. The molecule has 6 rings (SSSR count). The quantitative estimate of drug-likeness (QED) is 0.199. The minimum atomic E-state index is -3.89. The Morgan fingerprint density at radius 3 is 2.48 bits per heavy atom. The monoisotopic (exact) mass is 621 g/mol. The van der Waals surface area contributed by atoms with Gasteiger partial charge >= 0.3 is 0 Å². The molecule has 0 radical (unpaired) electrons. The van der Waals surface area contributed by atoms with Crippen molar-refractivity contribution < 1.29 is 22.4 Å². The molecule has 2 aromatic heterocycles. The number of nitrogens with zero attached hydrogens (tertiary/aromatic N) is 4. The van der Waals surface area contributed by atoms with E-state index in [0.717, 1.165) is 72.6 Å². The van der Waals surface area contributed by atoms with Gasteiger partial charge in [-0.15, -0.1) is 6.58 Å². The molecule has 2 aliphatic rings. The Kier molecular flexibility index (Phi) is 10.8. The molecule has 2 fully saturated rings. The van der Waals surface area contributed by atoms with Crippen molar-refractivity contribution in [1.29, 1.82) is 0 Å². The van der Waals surface area contributed by atoms with Crippen molar-refractivity contribution in [1.82, 2.24) is 14.5 Å². The summed E-state index contributed by atoms with van der Waals surface area (Å²) < 4.78 is 41.7. The molecule has 0 bridgehead atoms. The van der Waals surface area contributed by atoms with E-state index in [4.69, 9.17) is 24.7 Å². The summed E-state index contributed by atoms with van der Waals surface area (Å²) in [6.45, 7) is 14.4. The number of rotatable bonds is 6. The van der Waals surface area contributed by atoms with Crippen LogP contribution in [0.1, 0.15) is 40.5 Å². The van der Waals surface area contributed by atoms with E-state index in [2.05, 4.69) is 59.8 Å². The van der Waals surface area contributed by atoms with Crippen LogP contribution in [0, 0.1) is 5.41 Å². The van der Waals surface area contributed by atoms with Crippen molar-refractivity contribution in [2.24, 2.45) is 11.1 Å². The lowest BCUT2D eigenvalue weighted by Crippen LogP contribution is -2.44. The van der Waals surface area contributed by atoms with E-state index in [-0.39, 0.29) is 10.3 Å². The predicted molar refractivity (Wildman–Crippen MR) is 177 cm³/mol. The van der Waals surface area contributed by atoms with E-state index < -0.39 is 10.1 Å². The molecule has 0 amide bonds. The molecule has 3 N–H and O–H groups in total. The molecule has 0 aliphatic carbocycles. The van der Waals surface area contributed by atoms with Crippen molar-refractivity contribution in [3.63, 3.8) is 0 Å². The molecule has 0 saturated carbocycles. The van der Waals surface area contributed by atoms with Crippen molar-refractivity contribution in [2.75, 3.05) is 37.8 Å². The van der Waals surface area contributed by atoms with Crippen molar-refractivity contribution in [3.05, 3.63) is 78.5 Å². The maximum atomic E-state index is 10.0. The average Bonchev–Trinajstić information content (AvgIpc) is 3.42. The Labute approximate surface area is 259 Å². The summed E-state index contributed by atoms with van der Waals surface area (Å²) in [7, 11) is -3.89. The number of para-hydroxylation sites is 1. The second-order valence-corrected chi connectivity index (χ2v) is 13.1. The molecule has 44 heavy (non-hydrogen) atoms. The first-order chi connectivity index (χ1) is 21.0. The van der Waals surface area contributed by atoms with E-state index in [9.17, 15) is 8.42 Å². The van der Waals surface area contributed by atoms with Crippen LogP contribution in [0.15, 0.2) is 78.5 Å². The number of anilines is 1. The summed E-state index contributed by atoms with van der Waals surface area (Å²) in [5.74, 6) is 1.69. The van der Waals surface area contributed by atoms with Gasteiger partial charge in [0.05, 0.1) is 47.0 Å². The van der Waals surface area contributed by atoms with E-state index in [0.29, 0.717) is 12.6 Å². The second kappa shape index (κ2) is 14.3. The number of benzene rings is 2. The van der Waals surface area contributed by atoms with Gasteiger partial charge in [0.1, 0.15) is 17.9 Å². The van der Waals surface area contributed by atoms with Gasteiger partial charge in [-0.05, 0) is 63.9 Å². The minimum Gasteiger partial charge on any atom is -0.493 e. The largest absolute Gasteiger partial charge is 0.493 e. The van der Waals surface area contributed by atoms with Crippen LogP contribution >= 0.6 is 0 Å². The molecule has 11 heteroatoms. The van der Waals surface area contributed by atoms with Gasteiger partial charge in [-0.3, -0.25) is 9.12 Å². The topological polar surface area (TPSA) is 133 Å². The third-order valence-corrected chi connectivity index (χ3v) is 8.68. The molecule has 2 saturated heterocycles. The fraction of sp³-hybridized carbons (Fsp3) is 0.394. The number of allylic oxidation sites excluding steroid dienone is 3. The van der Waals surface area contributed by atoms with Crippen molar-refractivity contribution >= 4 is 37.7 Å². The average molecular weight is 622 g/mol. The highest BCUT2D eigenvalue weighted by Gasteiger charge is 2.34. The summed E-state index contributed by atoms with van der Waals surface area (Å²) in [6.07, 6.45) is 6.94. The number of fused-ring (bicyclic) bond motifs is 2. The van der Waals surface area contributed by atoms with Crippen molar-refractivity contribution in [3.8, 4) is 11.6 Å². The fourth-order valence-electron chi connectivity index (χ4n) is 4.86. The highest BCUT2D eigenvalue weighted by atomic mass is 32.2. The first-order valence-corrected chi connectivity index (χ1v) is 16.2. The maximum absolute atomic E-state index is 10.0. The summed E-state index contributed by atoms with van der Waals surface area (Å²) in [5.41, 5.74) is 10.3. The van der Waals surface area contributed by atoms with E-state index >= 15 is 0 Å². The number of aromatic nitrogens is 3. The molecule has 2 aromatic carbocycles. The van der Waals surface area contributed by atoms with Crippen LogP contribution in [0.4, 0.5) is 5.69 Å². The van der Waals surface area contributed by atoms with Gasteiger partial charge in [0.2, 0.25) is 0 Å². The number of hydrogen-bond donors (Lipinski definition) is 2. The Balaban J connectivity index is 0.000000348. The normalized spacial score (nSPS) is 16.8. The smallest absolute Gasteiger partial charge is 0.290 e. The standard InChI is InChI=1S/C26H29N5O2.C4H8O3S.C3H6/c1-26(14-32-15-26)16-33-20-6-7-22-21(13-20)28-17-31(22)24-8-5-18-3-2-4-23(25(18)29-24)30-11-9-19(27)10-12-30;1-3-4(2)8(5,6)7;1-3-2/h2-8,13,17,19H,9-12,14-16,27H2,1H3;3H,1-2H3,(H,5,6,7);3H,1H2,2H3/b;4-3+;. The third-order valence-electron chi connectivity index (χ3n) is 7.63. The van der Waals surface area contributed by atoms with Gasteiger partial charge in [0, 0.05) is 36.0 Å². The zero-order valence-electron chi connectivity index (χ0n) is 25.9. The van der Waals surface area contributed by atoms with Crippen LogP contribution < -0.4 is 15.4 Å². The molecule has 0 atom stereocenters. The number of pyridine rings is 1. The molecular formula is C33H43N5O5S. The van der Waals surface area contributed by atoms with Crippen LogP contribution in [0.3, 0.4) is 0 Å². The maximum Gasteiger partial charge on any atom is 0.290 e. The molecule has 4 aromatic rings. The lowest BCUT2D eigenvalue weighted by molar-refractivity contribution is -0.120. The van der Waals surface area contributed by atoms with Gasteiger partial charge < -0.3 is 20.1 Å². The molecule has 2 aliphatic heterocycles. The molecule has 0 spiro atoms. The zero-order valence-corrected chi connectivity index (χ0v) is 26.8. The van der Waals surface area contributed by atoms with Gasteiger partial charge in [0.25, 0.3) is 10.1 Å². The van der Waals surface area contributed by atoms with Crippen LogP contribution in [0.5, 0.6) is 5.75 Å². The third kappa shape index (κ3) is 8.03. The number of ether oxygens (including phenoxy) is 2. The number of hydrogen-bond acceptors (Lipinski definition) is 8. The summed E-state index contributed by atoms with van der Waals surface area (Å²) in [6, 6.07) is 17.0. The van der Waals surface area contributed by atoms with E-state index in [1.807, 2.05) is 30.0 Å². The Morgan fingerprint density at radius 2 is 1.89 bits per heavy atom. The van der Waals surface area contributed by atoms with Crippen LogP contribution in [0.2, 0.25) is 0 Å². The second-order valence-electron chi connectivity index (χ2n) is 11.5. The van der Waals surface area contributed by atoms with Gasteiger partial charge in [-0.1, -0.05) is 31.2 Å². The molecule has 10 nitrogen and oxygen atoms in total. The Morgan fingerprint density at radius 1 is 1.18 bits per heavy atom. The number of nitrogens with two attached hydrogens (primary N) is 1. The molecule has 0 unspecified atom stereocenters. The fourth-order valence-corrected chi connectivity index (χ4v) is 5.15. The summed E-state index contributed by atoms with van der Waals surface area (Å²) in [5, 5.41) is 1.14. The first-order valence-electron chi connectivity index (χ1n) is 14.7. The molecule has 4 heterocycles. The SMILES string of the molecule is C/C=C(\C)S(=O)(=O)O.C=CC.CC1(COc2ccc3c(c2)ncn3-c2ccc3cccc(N4CCC(N)CC4)c3n2)COC1.